The van der Waals surface area contributed by atoms with Crippen LogP contribution in [0.3, 0.4) is 0 Å². The topological polar surface area (TPSA) is 105 Å². The second-order valence-electron chi connectivity index (χ2n) is 6.56. The van der Waals surface area contributed by atoms with E-state index in [1.54, 1.807) is 6.92 Å². The molecule has 0 radical (unpaired) electrons. The number of hydrogen-bond acceptors (Lipinski definition) is 7. The molecule has 3 atom stereocenters. The standard InChI is InChI=1S/C19H31NO7/c1-5-9-10-26-19(22)17-15(20(23)24)11-13(18(21)25-8-4)12-16(17)27-14(6-2)7-3/h12,14-17H,5-11H2,1-4H3/t15-,16-,17-/m1/s1. The SMILES string of the molecule is CCCCOC(=O)[C@@H]1[C@H]([N+](=O)[O-])CC(C(=O)OCC)=C[C@H]1OC(CC)CC. The summed E-state index contributed by atoms with van der Waals surface area (Å²) in [5, 5.41) is 11.7. The van der Waals surface area contributed by atoms with Crippen molar-refractivity contribution in [1.82, 2.24) is 0 Å². The van der Waals surface area contributed by atoms with E-state index in [0.29, 0.717) is 19.3 Å². The number of carbonyl (C=O) groups is 2. The molecule has 1 aliphatic carbocycles. The fraction of sp³-hybridized carbons (Fsp3) is 0.789. The number of rotatable bonds is 11. The molecule has 8 heteroatoms. The van der Waals surface area contributed by atoms with E-state index in [4.69, 9.17) is 14.2 Å². The minimum Gasteiger partial charge on any atom is -0.465 e. The van der Waals surface area contributed by atoms with Gasteiger partial charge in [0.2, 0.25) is 6.04 Å². The summed E-state index contributed by atoms with van der Waals surface area (Å²) in [4.78, 5) is 35.9. The molecule has 0 N–H and O–H groups in total. The number of carbonyl (C=O) groups excluding carboxylic acids is 2. The zero-order valence-electron chi connectivity index (χ0n) is 16.6. The fourth-order valence-electron chi connectivity index (χ4n) is 3.05. The lowest BCUT2D eigenvalue weighted by Crippen LogP contribution is -2.48. The summed E-state index contributed by atoms with van der Waals surface area (Å²) in [5.74, 6) is -2.35. The Labute approximate surface area is 160 Å². The van der Waals surface area contributed by atoms with E-state index in [2.05, 4.69) is 0 Å². The van der Waals surface area contributed by atoms with Crippen molar-refractivity contribution in [3.63, 3.8) is 0 Å². The summed E-state index contributed by atoms with van der Waals surface area (Å²) >= 11 is 0. The van der Waals surface area contributed by atoms with Crippen LogP contribution in [0.1, 0.15) is 59.8 Å². The first-order chi connectivity index (χ1) is 12.9. The fourth-order valence-corrected chi connectivity index (χ4v) is 3.05. The van der Waals surface area contributed by atoms with E-state index in [1.807, 2.05) is 20.8 Å². The van der Waals surface area contributed by atoms with Crippen LogP contribution in [-0.2, 0) is 23.8 Å². The second kappa shape index (κ2) is 11.7. The van der Waals surface area contributed by atoms with Crippen molar-refractivity contribution in [2.75, 3.05) is 13.2 Å². The lowest BCUT2D eigenvalue weighted by atomic mass is 9.82. The lowest BCUT2D eigenvalue weighted by Gasteiger charge is -2.32. The zero-order valence-corrected chi connectivity index (χ0v) is 16.6. The Hall–Kier alpha value is -1.96. The minimum atomic E-state index is -1.29. The Morgan fingerprint density at radius 3 is 2.41 bits per heavy atom. The van der Waals surface area contributed by atoms with Gasteiger partial charge in [0.1, 0.15) is 0 Å². The Morgan fingerprint density at radius 1 is 1.22 bits per heavy atom. The summed E-state index contributed by atoms with van der Waals surface area (Å²) < 4.78 is 16.2. The van der Waals surface area contributed by atoms with Gasteiger partial charge in [0.15, 0.2) is 5.92 Å². The van der Waals surface area contributed by atoms with Crippen LogP contribution in [0.2, 0.25) is 0 Å². The Balaban J connectivity index is 3.18. The highest BCUT2D eigenvalue weighted by Crippen LogP contribution is 2.32. The number of esters is 2. The van der Waals surface area contributed by atoms with Gasteiger partial charge in [-0.15, -0.1) is 0 Å². The summed E-state index contributed by atoms with van der Waals surface area (Å²) in [6.45, 7) is 7.88. The summed E-state index contributed by atoms with van der Waals surface area (Å²) in [6, 6.07) is -1.29. The van der Waals surface area contributed by atoms with Crippen LogP contribution in [0.4, 0.5) is 0 Å². The average molecular weight is 385 g/mol. The van der Waals surface area contributed by atoms with Crippen molar-refractivity contribution < 1.29 is 28.7 Å². The summed E-state index contributed by atoms with van der Waals surface area (Å²) in [7, 11) is 0. The first kappa shape index (κ1) is 23.1. The van der Waals surface area contributed by atoms with Crippen molar-refractivity contribution in [2.24, 2.45) is 5.92 Å². The van der Waals surface area contributed by atoms with Crippen LogP contribution in [-0.4, -0.2) is 48.3 Å². The molecule has 0 saturated heterocycles. The van der Waals surface area contributed by atoms with Crippen molar-refractivity contribution >= 4 is 11.9 Å². The number of hydrogen-bond donors (Lipinski definition) is 0. The van der Waals surface area contributed by atoms with Gasteiger partial charge in [-0.25, -0.2) is 4.79 Å². The zero-order chi connectivity index (χ0) is 20.4. The highest BCUT2D eigenvalue weighted by Gasteiger charge is 2.49. The molecule has 0 saturated carbocycles. The molecule has 1 aliphatic rings. The van der Waals surface area contributed by atoms with Crippen LogP contribution in [0, 0.1) is 16.0 Å². The molecule has 0 fully saturated rings. The molecule has 0 spiro atoms. The van der Waals surface area contributed by atoms with E-state index in [1.165, 1.54) is 6.08 Å². The van der Waals surface area contributed by atoms with Crippen LogP contribution in [0.5, 0.6) is 0 Å². The molecule has 8 nitrogen and oxygen atoms in total. The number of nitro groups is 1. The summed E-state index contributed by atoms with van der Waals surface area (Å²) in [5.41, 5.74) is 0.173. The molecule has 1 rings (SSSR count). The first-order valence-corrected chi connectivity index (χ1v) is 9.72. The Kier molecular flexibility index (Phi) is 9.99. The lowest BCUT2D eigenvalue weighted by molar-refractivity contribution is -0.532. The highest BCUT2D eigenvalue weighted by atomic mass is 16.6. The molecular formula is C19H31NO7. The third-order valence-corrected chi connectivity index (χ3v) is 4.65. The number of ether oxygens (including phenoxy) is 3. The molecule has 27 heavy (non-hydrogen) atoms. The smallest absolute Gasteiger partial charge is 0.334 e. The molecule has 0 heterocycles. The number of unbranched alkanes of at least 4 members (excludes halogenated alkanes) is 1. The summed E-state index contributed by atoms with van der Waals surface area (Å²) in [6.07, 6.45) is 3.16. The maximum Gasteiger partial charge on any atom is 0.334 e. The van der Waals surface area contributed by atoms with E-state index in [9.17, 15) is 19.7 Å². The first-order valence-electron chi connectivity index (χ1n) is 9.72. The van der Waals surface area contributed by atoms with Crippen LogP contribution in [0.15, 0.2) is 11.6 Å². The molecule has 0 aromatic rings. The van der Waals surface area contributed by atoms with Gasteiger partial charge in [-0.3, -0.25) is 14.9 Å². The molecule has 0 unspecified atom stereocenters. The van der Waals surface area contributed by atoms with Crippen molar-refractivity contribution in [3.8, 4) is 0 Å². The molecule has 0 bridgehead atoms. The van der Waals surface area contributed by atoms with Gasteiger partial charge in [-0.1, -0.05) is 27.2 Å². The monoisotopic (exact) mass is 385 g/mol. The van der Waals surface area contributed by atoms with E-state index in [0.717, 1.165) is 6.42 Å². The van der Waals surface area contributed by atoms with Gasteiger partial charge in [0.25, 0.3) is 0 Å². The molecule has 154 valence electrons. The quantitative estimate of drug-likeness (QED) is 0.233. The normalized spacial score (nSPS) is 22.3. The number of nitrogens with zero attached hydrogens (tertiary/aromatic N) is 1. The van der Waals surface area contributed by atoms with Crippen molar-refractivity contribution in [3.05, 3.63) is 21.8 Å². The maximum atomic E-state index is 12.6. The highest BCUT2D eigenvalue weighted by molar-refractivity contribution is 5.89. The van der Waals surface area contributed by atoms with E-state index < -0.39 is 34.9 Å². The van der Waals surface area contributed by atoms with Crippen LogP contribution in [0.25, 0.3) is 0 Å². The van der Waals surface area contributed by atoms with Gasteiger partial charge in [0.05, 0.1) is 25.4 Å². The predicted molar refractivity (Wildman–Crippen MR) is 98.7 cm³/mol. The van der Waals surface area contributed by atoms with E-state index >= 15 is 0 Å². The Bertz CT molecular complexity index is 542. The average Bonchev–Trinajstić information content (AvgIpc) is 2.65. The van der Waals surface area contributed by atoms with Gasteiger partial charge in [-0.2, -0.15) is 0 Å². The largest absolute Gasteiger partial charge is 0.465 e. The predicted octanol–water partition coefficient (Wildman–Crippen LogP) is 3.06. The molecular weight excluding hydrogens is 354 g/mol. The van der Waals surface area contributed by atoms with Crippen molar-refractivity contribution in [2.45, 2.75) is 78.0 Å². The molecule has 0 amide bonds. The van der Waals surface area contributed by atoms with Crippen LogP contribution < -0.4 is 0 Å². The third-order valence-electron chi connectivity index (χ3n) is 4.65. The third kappa shape index (κ3) is 6.61. The van der Waals surface area contributed by atoms with Crippen molar-refractivity contribution in [1.29, 1.82) is 0 Å². The second-order valence-corrected chi connectivity index (χ2v) is 6.56. The molecule has 0 aliphatic heterocycles. The maximum absolute atomic E-state index is 12.6. The minimum absolute atomic E-state index is 0.167. The van der Waals surface area contributed by atoms with E-state index in [-0.39, 0.29) is 31.3 Å². The van der Waals surface area contributed by atoms with Gasteiger partial charge >= 0.3 is 11.9 Å². The van der Waals surface area contributed by atoms with Gasteiger partial charge in [0, 0.05) is 16.9 Å². The Morgan fingerprint density at radius 2 is 1.89 bits per heavy atom. The molecule has 0 aromatic carbocycles. The van der Waals surface area contributed by atoms with Gasteiger partial charge in [-0.05, 0) is 32.3 Å². The van der Waals surface area contributed by atoms with Gasteiger partial charge < -0.3 is 14.2 Å². The van der Waals surface area contributed by atoms with Crippen LogP contribution >= 0.6 is 0 Å². The molecule has 0 aromatic heterocycles.